The second-order valence-corrected chi connectivity index (χ2v) is 7.95. The predicted molar refractivity (Wildman–Crippen MR) is 124 cm³/mol. The maximum absolute atomic E-state index is 12.4. The summed E-state index contributed by atoms with van der Waals surface area (Å²) >= 11 is 0. The number of nitrogens with zero attached hydrogens (tertiary/aromatic N) is 4. The Balaban J connectivity index is 1.88. The Hall–Kier alpha value is -3.09. The molecule has 0 amide bonds. The van der Waals surface area contributed by atoms with Crippen molar-refractivity contribution < 1.29 is 14.3 Å². The summed E-state index contributed by atoms with van der Waals surface area (Å²) in [6, 6.07) is 14.6. The van der Waals surface area contributed by atoms with Gasteiger partial charge in [0.15, 0.2) is 7.05 Å². The van der Waals surface area contributed by atoms with Crippen LogP contribution >= 0.6 is 0 Å². The van der Waals surface area contributed by atoms with Crippen molar-refractivity contribution in [2.45, 2.75) is 40.0 Å². The van der Waals surface area contributed by atoms with Gasteiger partial charge >= 0.3 is 5.97 Å². The third kappa shape index (κ3) is 6.98. The minimum Gasteiger partial charge on any atom is -0.463 e. The Morgan fingerprint density at radius 1 is 1.03 bits per heavy atom. The van der Waals surface area contributed by atoms with Gasteiger partial charge in [-0.05, 0) is 56.2 Å². The van der Waals surface area contributed by atoms with E-state index in [9.17, 15) is 9.70 Å². The monoisotopic (exact) mass is 425 g/mol. The largest absolute Gasteiger partial charge is 0.463 e. The van der Waals surface area contributed by atoms with E-state index < -0.39 is 5.41 Å². The molecule has 0 aliphatic carbocycles. The molecule has 0 spiro atoms. The number of esters is 1. The molecular weight excluding hydrogens is 392 g/mol. The fourth-order valence-corrected chi connectivity index (χ4v) is 3.17. The highest BCUT2D eigenvalue weighted by atomic mass is 16.5. The van der Waals surface area contributed by atoms with Gasteiger partial charge in [-0.25, -0.2) is 0 Å². The maximum Gasteiger partial charge on any atom is 0.311 e. The molecule has 0 saturated heterocycles. The van der Waals surface area contributed by atoms with Crippen LogP contribution in [0.2, 0.25) is 0 Å². The molecule has 1 atom stereocenters. The van der Waals surface area contributed by atoms with Gasteiger partial charge in [0.1, 0.15) is 6.61 Å². The lowest BCUT2D eigenvalue weighted by molar-refractivity contribution is -0.428. The van der Waals surface area contributed by atoms with E-state index >= 15 is 0 Å². The number of nitroso groups, excluding NO2 is 1. The molecule has 0 N–H and O–H groups in total. The summed E-state index contributed by atoms with van der Waals surface area (Å²) in [7, 11) is 3.41. The number of benzene rings is 2. The van der Waals surface area contributed by atoms with Crippen LogP contribution in [0.25, 0.3) is 0 Å². The van der Waals surface area contributed by atoms with E-state index in [1.54, 1.807) is 24.3 Å². The quantitative estimate of drug-likeness (QED) is 0.239. The van der Waals surface area contributed by atoms with E-state index in [0.29, 0.717) is 24.5 Å². The molecule has 0 aliphatic rings. The van der Waals surface area contributed by atoms with Crippen molar-refractivity contribution in [3.8, 4) is 0 Å². The average Bonchev–Trinajstić information content (AvgIpc) is 2.78. The van der Waals surface area contributed by atoms with Gasteiger partial charge in [-0.15, -0.1) is 0 Å². The van der Waals surface area contributed by atoms with Crippen molar-refractivity contribution in [1.29, 1.82) is 0 Å². The lowest BCUT2D eigenvalue weighted by Gasteiger charge is -2.26. The SMILES string of the molecule is CCCC(C)(CC)C(=O)OCCN(C)c1ccc(N=Nc2ccc([N+](C)=O)cc2)cc1. The summed E-state index contributed by atoms with van der Waals surface area (Å²) < 4.78 is 6.34. The Morgan fingerprint density at radius 3 is 2.06 bits per heavy atom. The Labute approximate surface area is 184 Å². The van der Waals surface area contributed by atoms with E-state index in [1.165, 1.54) is 7.05 Å². The van der Waals surface area contributed by atoms with Gasteiger partial charge in [-0.2, -0.15) is 10.2 Å². The summed E-state index contributed by atoms with van der Waals surface area (Å²) in [4.78, 5) is 25.7. The normalized spacial score (nSPS) is 13.1. The van der Waals surface area contributed by atoms with Gasteiger partial charge < -0.3 is 9.64 Å². The molecule has 2 aromatic rings. The zero-order chi connectivity index (χ0) is 22.9. The molecule has 0 radical (unpaired) electrons. The average molecular weight is 426 g/mol. The molecule has 7 nitrogen and oxygen atoms in total. The van der Waals surface area contributed by atoms with Crippen molar-refractivity contribution in [3.63, 3.8) is 0 Å². The number of hydrogen-bond acceptors (Lipinski definition) is 6. The van der Waals surface area contributed by atoms with E-state index in [1.807, 2.05) is 50.1 Å². The van der Waals surface area contributed by atoms with Crippen molar-refractivity contribution in [2.24, 2.45) is 15.6 Å². The number of rotatable bonds is 11. The zero-order valence-corrected chi connectivity index (χ0v) is 19.2. The molecule has 2 aromatic carbocycles. The van der Waals surface area contributed by atoms with Crippen LogP contribution in [0.15, 0.2) is 58.8 Å². The summed E-state index contributed by atoms with van der Waals surface area (Å²) in [5.74, 6) is -0.115. The molecule has 7 heteroatoms. The first-order chi connectivity index (χ1) is 14.8. The van der Waals surface area contributed by atoms with Gasteiger partial charge in [0.25, 0.3) is 5.69 Å². The third-order valence-electron chi connectivity index (χ3n) is 5.52. The van der Waals surface area contributed by atoms with Crippen molar-refractivity contribution in [1.82, 2.24) is 0 Å². The lowest BCUT2D eigenvalue weighted by Crippen LogP contribution is -2.32. The molecule has 2 rings (SSSR count). The molecule has 166 valence electrons. The van der Waals surface area contributed by atoms with E-state index in [4.69, 9.17) is 4.74 Å². The molecule has 1 unspecified atom stereocenters. The number of hydrogen-bond donors (Lipinski definition) is 0. The second-order valence-electron chi connectivity index (χ2n) is 7.95. The minimum atomic E-state index is -0.398. The number of azo groups is 1. The first-order valence-electron chi connectivity index (χ1n) is 10.7. The molecule has 31 heavy (non-hydrogen) atoms. The molecular formula is C24H33N4O3+. The first kappa shape index (κ1) is 24.2. The van der Waals surface area contributed by atoms with Gasteiger partial charge in [0.2, 0.25) is 0 Å². The summed E-state index contributed by atoms with van der Waals surface area (Å²) in [6.07, 6.45) is 2.59. The van der Waals surface area contributed by atoms with Crippen LogP contribution in [0.3, 0.4) is 0 Å². The van der Waals surface area contributed by atoms with Gasteiger partial charge in [-0.1, -0.05) is 20.3 Å². The highest BCUT2D eigenvalue weighted by Gasteiger charge is 2.31. The van der Waals surface area contributed by atoms with Crippen LogP contribution < -0.4 is 4.90 Å². The second kappa shape index (κ2) is 11.3. The Bertz CT molecular complexity index is 894. The van der Waals surface area contributed by atoms with Crippen molar-refractivity contribution in [2.75, 3.05) is 32.1 Å². The van der Waals surface area contributed by atoms with Crippen LogP contribution in [-0.2, 0) is 9.53 Å². The van der Waals surface area contributed by atoms with Crippen molar-refractivity contribution >= 4 is 28.7 Å². The molecule has 0 fully saturated rings. The fraction of sp³-hybridized carbons (Fsp3) is 0.458. The first-order valence-corrected chi connectivity index (χ1v) is 10.7. The smallest absolute Gasteiger partial charge is 0.311 e. The van der Waals surface area contributed by atoms with Crippen molar-refractivity contribution in [3.05, 3.63) is 53.4 Å². The molecule has 0 saturated carbocycles. The highest BCUT2D eigenvalue weighted by molar-refractivity contribution is 5.76. The fourth-order valence-electron chi connectivity index (χ4n) is 3.17. The number of carbonyl (C=O) groups excluding carboxylic acids is 1. The number of likely N-dealkylation sites (N-methyl/N-ethyl adjacent to an activating group) is 1. The topological polar surface area (TPSA) is 74.3 Å². The van der Waals surface area contributed by atoms with E-state index in [2.05, 4.69) is 17.2 Å². The van der Waals surface area contributed by atoms with Gasteiger partial charge in [0, 0.05) is 34.5 Å². The van der Waals surface area contributed by atoms with Crippen LogP contribution in [-0.4, -0.2) is 38.0 Å². The Kier molecular flexibility index (Phi) is 8.85. The summed E-state index contributed by atoms with van der Waals surface area (Å²) in [5, 5.41) is 8.44. The predicted octanol–water partition coefficient (Wildman–Crippen LogP) is 6.34. The zero-order valence-electron chi connectivity index (χ0n) is 19.2. The number of anilines is 1. The molecule has 0 aliphatic heterocycles. The molecule has 0 aromatic heterocycles. The highest BCUT2D eigenvalue weighted by Crippen LogP contribution is 2.29. The number of carbonyl (C=O) groups is 1. The third-order valence-corrected chi connectivity index (χ3v) is 5.52. The minimum absolute atomic E-state index is 0.115. The summed E-state index contributed by atoms with van der Waals surface area (Å²) in [6.45, 7) is 7.06. The lowest BCUT2D eigenvalue weighted by atomic mass is 9.83. The standard InChI is InChI=1S/C24H33N4O3/c1-6-16-24(3,7-2)23(29)31-18-17-27(4)21-12-8-19(9-13-21)25-26-20-10-14-22(15-11-20)28(5)30/h8-15H,6-7,16-18H2,1-5H3/q+1. The van der Waals surface area contributed by atoms with E-state index in [-0.39, 0.29) is 5.97 Å². The Morgan fingerprint density at radius 2 is 1.58 bits per heavy atom. The maximum atomic E-state index is 12.4. The van der Waals surface area contributed by atoms with Crippen LogP contribution in [0.4, 0.5) is 22.7 Å². The van der Waals surface area contributed by atoms with Gasteiger partial charge in [0.05, 0.1) is 23.3 Å². The number of ether oxygens (including phenoxy) is 1. The molecule has 0 bridgehead atoms. The molecule has 0 heterocycles. The van der Waals surface area contributed by atoms with Crippen LogP contribution in [0.5, 0.6) is 0 Å². The summed E-state index contributed by atoms with van der Waals surface area (Å²) in [5.41, 5.74) is 2.58. The van der Waals surface area contributed by atoms with Crippen LogP contribution in [0.1, 0.15) is 40.0 Å². The van der Waals surface area contributed by atoms with E-state index in [0.717, 1.165) is 35.4 Å². The van der Waals surface area contributed by atoms with Gasteiger partial charge in [-0.3, -0.25) is 4.79 Å². The van der Waals surface area contributed by atoms with Crippen LogP contribution in [0, 0.1) is 10.3 Å².